The number of aromatic nitrogens is 2. The predicted molar refractivity (Wildman–Crippen MR) is 97.0 cm³/mol. The van der Waals surface area contributed by atoms with Crippen LogP contribution in [0.3, 0.4) is 0 Å². The topological polar surface area (TPSA) is 41.4 Å². The van der Waals surface area contributed by atoms with Crippen LogP contribution in [0.2, 0.25) is 10.0 Å². The van der Waals surface area contributed by atoms with Gasteiger partial charge in [-0.15, -0.1) is 0 Å². The number of rotatable bonds is 4. The first-order valence-corrected chi connectivity index (χ1v) is 8.81. The molecule has 25 heavy (non-hydrogen) atoms. The molecular formula is C17H19Cl2FN4O. The zero-order chi connectivity index (χ0) is 18.0. The van der Waals surface area contributed by atoms with Crippen LogP contribution in [-0.4, -0.2) is 46.8 Å². The van der Waals surface area contributed by atoms with Gasteiger partial charge in [-0.25, -0.2) is 4.39 Å². The van der Waals surface area contributed by atoms with Gasteiger partial charge in [0.05, 0.1) is 10.7 Å². The summed E-state index contributed by atoms with van der Waals surface area (Å²) in [5.41, 5.74) is 1.85. The molecule has 134 valence electrons. The molecule has 2 heterocycles. The molecule has 3 rings (SSSR count). The van der Waals surface area contributed by atoms with Gasteiger partial charge >= 0.3 is 0 Å². The minimum Gasteiger partial charge on any atom is -0.368 e. The van der Waals surface area contributed by atoms with Crippen molar-refractivity contribution in [3.63, 3.8) is 0 Å². The zero-order valence-electron chi connectivity index (χ0n) is 13.9. The quantitative estimate of drug-likeness (QED) is 0.811. The Morgan fingerprint density at radius 1 is 1.24 bits per heavy atom. The Hall–Kier alpha value is -1.79. The molecule has 8 heteroatoms. The van der Waals surface area contributed by atoms with E-state index in [0.29, 0.717) is 28.8 Å². The molecular weight excluding hydrogens is 366 g/mol. The van der Waals surface area contributed by atoms with Crippen molar-refractivity contribution < 1.29 is 9.18 Å². The Morgan fingerprint density at radius 3 is 2.56 bits per heavy atom. The molecule has 0 N–H and O–H groups in total. The summed E-state index contributed by atoms with van der Waals surface area (Å²) in [7, 11) is 0. The maximum Gasteiger partial charge on any atom is 0.244 e. The minimum atomic E-state index is -0.737. The van der Waals surface area contributed by atoms with E-state index in [2.05, 4.69) is 10.00 Å². The largest absolute Gasteiger partial charge is 0.368 e. The van der Waals surface area contributed by atoms with Crippen molar-refractivity contribution in [2.24, 2.45) is 0 Å². The van der Waals surface area contributed by atoms with Crippen molar-refractivity contribution in [1.29, 1.82) is 0 Å². The summed E-state index contributed by atoms with van der Waals surface area (Å²) in [6.45, 7) is 3.78. The molecule has 1 fully saturated rings. The molecule has 1 amide bonds. The molecule has 1 aromatic carbocycles. The van der Waals surface area contributed by atoms with Gasteiger partial charge in [0.15, 0.2) is 0 Å². The summed E-state index contributed by atoms with van der Waals surface area (Å²) in [6.07, 6.45) is 0. The Labute approximate surface area is 155 Å². The Bertz CT molecular complexity index is 772. The number of benzene rings is 1. The van der Waals surface area contributed by atoms with E-state index in [1.54, 1.807) is 11.8 Å². The number of halogens is 3. The van der Waals surface area contributed by atoms with Crippen LogP contribution in [0.25, 0.3) is 0 Å². The summed E-state index contributed by atoms with van der Waals surface area (Å²) in [6, 6.07) is 7.69. The number of nitrogens with zero attached hydrogens (tertiary/aromatic N) is 4. The molecule has 0 aliphatic carbocycles. The number of anilines is 1. The molecule has 1 aliphatic heterocycles. The highest BCUT2D eigenvalue weighted by molar-refractivity contribution is 6.31. The molecule has 0 spiro atoms. The van der Waals surface area contributed by atoms with Gasteiger partial charge in [0.25, 0.3) is 0 Å². The van der Waals surface area contributed by atoms with Crippen molar-refractivity contribution in [2.75, 3.05) is 31.1 Å². The van der Waals surface area contributed by atoms with Crippen LogP contribution in [0.4, 0.5) is 10.1 Å². The second-order valence-electron chi connectivity index (χ2n) is 5.99. The number of alkyl halides is 1. The highest BCUT2D eigenvalue weighted by Crippen LogP contribution is 2.22. The van der Waals surface area contributed by atoms with E-state index in [0.717, 1.165) is 18.8 Å². The van der Waals surface area contributed by atoms with Gasteiger partial charge in [-0.3, -0.25) is 9.48 Å². The fourth-order valence-electron chi connectivity index (χ4n) is 2.94. The van der Waals surface area contributed by atoms with Crippen LogP contribution < -0.4 is 4.90 Å². The van der Waals surface area contributed by atoms with E-state index in [9.17, 15) is 9.18 Å². The maximum atomic E-state index is 12.8. The first-order chi connectivity index (χ1) is 12.0. The van der Waals surface area contributed by atoms with Crippen LogP contribution in [0, 0.1) is 6.92 Å². The molecule has 0 saturated carbocycles. The first kappa shape index (κ1) is 18.0. The maximum absolute atomic E-state index is 12.8. The molecule has 1 saturated heterocycles. The average Bonchev–Trinajstić information content (AvgIpc) is 2.89. The third kappa shape index (κ3) is 3.90. The van der Waals surface area contributed by atoms with Gasteiger partial charge in [-0.1, -0.05) is 29.3 Å². The van der Waals surface area contributed by atoms with Gasteiger partial charge in [-0.05, 0) is 25.1 Å². The smallest absolute Gasteiger partial charge is 0.244 e. The SMILES string of the molecule is Cc1c(Cl)c(CF)nn1CC(=O)N1CCN(c2cccc(Cl)c2)CC1. The molecule has 5 nitrogen and oxygen atoms in total. The lowest BCUT2D eigenvalue weighted by atomic mass is 10.2. The molecule has 0 unspecified atom stereocenters. The van der Waals surface area contributed by atoms with E-state index >= 15 is 0 Å². The third-order valence-electron chi connectivity index (χ3n) is 4.42. The Balaban J connectivity index is 1.60. The van der Waals surface area contributed by atoms with Gasteiger partial charge in [0.1, 0.15) is 18.9 Å². The second kappa shape index (κ2) is 7.62. The predicted octanol–water partition coefficient (Wildman–Crippen LogP) is 3.32. The number of hydrogen-bond donors (Lipinski definition) is 0. The highest BCUT2D eigenvalue weighted by atomic mass is 35.5. The molecule has 0 bridgehead atoms. The van der Waals surface area contributed by atoms with Gasteiger partial charge in [-0.2, -0.15) is 5.10 Å². The van der Waals surface area contributed by atoms with E-state index in [4.69, 9.17) is 23.2 Å². The normalized spacial score (nSPS) is 14.9. The van der Waals surface area contributed by atoms with E-state index < -0.39 is 6.67 Å². The standard InChI is InChI=1S/C17H19Cl2FN4O/c1-12-17(19)15(10-20)21-24(12)11-16(25)23-7-5-22(6-8-23)14-4-2-3-13(18)9-14/h2-4,9H,5-8,10-11H2,1H3. The summed E-state index contributed by atoms with van der Waals surface area (Å²) in [5.74, 6) is -0.0431. The lowest BCUT2D eigenvalue weighted by Crippen LogP contribution is -2.49. The lowest BCUT2D eigenvalue weighted by Gasteiger charge is -2.36. The minimum absolute atomic E-state index is 0.0431. The highest BCUT2D eigenvalue weighted by Gasteiger charge is 2.23. The average molecular weight is 385 g/mol. The Kier molecular flexibility index (Phi) is 5.49. The monoisotopic (exact) mass is 384 g/mol. The van der Waals surface area contributed by atoms with Crippen LogP contribution in [0.5, 0.6) is 0 Å². The fraction of sp³-hybridized carbons (Fsp3) is 0.412. The number of piperazine rings is 1. The van der Waals surface area contributed by atoms with Crippen LogP contribution >= 0.6 is 23.2 Å². The summed E-state index contributed by atoms with van der Waals surface area (Å²) < 4.78 is 14.3. The summed E-state index contributed by atoms with van der Waals surface area (Å²) in [4.78, 5) is 16.5. The first-order valence-electron chi connectivity index (χ1n) is 8.05. The summed E-state index contributed by atoms with van der Waals surface area (Å²) in [5, 5.41) is 5.06. The van der Waals surface area contributed by atoms with Crippen LogP contribution in [0.15, 0.2) is 24.3 Å². The number of carbonyl (C=O) groups is 1. The van der Waals surface area contributed by atoms with Gasteiger partial charge in [0.2, 0.25) is 5.91 Å². The number of carbonyl (C=O) groups excluding carboxylic acids is 1. The van der Waals surface area contributed by atoms with Crippen molar-refractivity contribution in [3.8, 4) is 0 Å². The zero-order valence-corrected chi connectivity index (χ0v) is 15.4. The van der Waals surface area contributed by atoms with Crippen molar-refractivity contribution in [2.45, 2.75) is 20.1 Å². The Morgan fingerprint density at radius 2 is 1.96 bits per heavy atom. The van der Waals surface area contributed by atoms with Crippen molar-refractivity contribution >= 4 is 34.8 Å². The molecule has 0 radical (unpaired) electrons. The third-order valence-corrected chi connectivity index (χ3v) is 5.14. The summed E-state index contributed by atoms with van der Waals surface area (Å²) >= 11 is 12.1. The van der Waals surface area contributed by atoms with Gasteiger partial charge < -0.3 is 9.80 Å². The lowest BCUT2D eigenvalue weighted by molar-refractivity contribution is -0.132. The number of amides is 1. The van der Waals surface area contributed by atoms with Crippen LogP contribution in [0.1, 0.15) is 11.4 Å². The van der Waals surface area contributed by atoms with Crippen molar-refractivity contribution in [3.05, 3.63) is 45.7 Å². The molecule has 0 atom stereocenters. The fourth-order valence-corrected chi connectivity index (χ4v) is 3.31. The molecule has 1 aliphatic rings. The van der Waals surface area contributed by atoms with Gasteiger partial charge in [0, 0.05) is 36.9 Å². The second-order valence-corrected chi connectivity index (χ2v) is 6.80. The number of hydrogen-bond acceptors (Lipinski definition) is 3. The van der Waals surface area contributed by atoms with E-state index in [-0.39, 0.29) is 18.1 Å². The molecule has 1 aromatic heterocycles. The van der Waals surface area contributed by atoms with E-state index in [1.807, 2.05) is 24.3 Å². The van der Waals surface area contributed by atoms with Crippen LogP contribution in [-0.2, 0) is 18.0 Å². The molecule has 2 aromatic rings. The van der Waals surface area contributed by atoms with E-state index in [1.165, 1.54) is 4.68 Å². The van der Waals surface area contributed by atoms with Crippen molar-refractivity contribution in [1.82, 2.24) is 14.7 Å².